The van der Waals surface area contributed by atoms with Crippen molar-refractivity contribution >= 4 is 33.6 Å². The van der Waals surface area contributed by atoms with Crippen molar-refractivity contribution in [3.8, 4) is 5.75 Å². The summed E-state index contributed by atoms with van der Waals surface area (Å²) in [5, 5.41) is 8.98. The van der Waals surface area contributed by atoms with Gasteiger partial charge in [0.2, 0.25) is 0 Å². The number of carbonyl (C=O) groups is 1. The van der Waals surface area contributed by atoms with Crippen molar-refractivity contribution in [1.82, 2.24) is 0 Å². The van der Waals surface area contributed by atoms with Crippen LogP contribution in [0.5, 0.6) is 5.75 Å². The van der Waals surface area contributed by atoms with Gasteiger partial charge in [0.05, 0.1) is 28.6 Å². The van der Waals surface area contributed by atoms with Crippen LogP contribution in [0.1, 0.15) is 52.4 Å². The van der Waals surface area contributed by atoms with E-state index in [0.29, 0.717) is 22.9 Å². The van der Waals surface area contributed by atoms with E-state index in [0.717, 1.165) is 67.9 Å². The molecule has 3 N–H and O–H groups in total. The second kappa shape index (κ2) is 12.0. The van der Waals surface area contributed by atoms with Crippen LogP contribution in [0.4, 0.5) is 17.1 Å². The second-order valence-corrected chi connectivity index (χ2v) is 11.9. The number of carboxylic acid groups (broad SMARTS) is 1. The van der Waals surface area contributed by atoms with Crippen LogP contribution in [0.3, 0.4) is 0 Å². The average molecular weight is 517 g/mol. The Bertz CT molecular complexity index is 1050. The molecule has 7 nitrogen and oxygen atoms in total. The van der Waals surface area contributed by atoms with Crippen LogP contribution in [-0.4, -0.2) is 46.6 Å². The molecule has 2 aromatic carbocycles. The van der Waals surface area contributed by atoms with Gasteiger partial charge in [0.25, 0.3) is 0 Å². The number of carboxylic acids is 1. The highest BCUT2D eigenvalue weighted by Crippen LogP contribution is 2.62. The molecular weight excluding hydrogens is 476 g/mol. The van der Waals surface area contributed by atoms with Crippen LogP contribution in [-0.2, 0) is 4.79 Å². The van der Waals surface area contributed by atoms with Crippen molar-refractivity contribution in [2.75, 3.05) is 36.2 Å². The van der Waals surface area contributed by atoms with Crippen LogP contribution >= 0.6 is 10.6 Å². The van der Waals surface area contributed by atoms with Crippen molar-refractivity contribution in [2.45, 2.75) is 57.3 Å². The van der Waals surface area contributed by atoms with Gasteiger partial charge in [0.15, 0.2) is 5.75 Å². The fourth-order valence-electron chi connectivity index (χ4n) is 4.96. The number of ether oxygens (including phenoxy) is 1. The van der Waals surface area contributed by atoms with E-state index >= 15 is 0 Å². The lowest BCUT2D eigenvalue weighted by Crippen LogP contribution is -2.37. The number of hydrogen-bond donors (Lipinski definition) is 3. The maximum atomic E-state index is 11.7. The quantitative estimate of drug-likeness (QED) is 0.212. The third-order valence-electron chi connectivity index (χ3n) is 6.76. The van der Waals surface area contributed by atoms with E-state index < -0.39 is 16.6 Å². The highest BCUT2D eigenvalue weighted by atomic mass is 32.3. The highest BCUT2D eigenvalue weighted by Gasteiger charge is 2.42. The van der Waals surface area contributed by atoms with Crippen molar-refractivity contribution in [3.63, 3.8) is 0 Å². The largest absolute Gasteiger partial charge is 0.478 e. The highest BCUT2D eigenvalue weighted by molar-refractivity contribution is 8.24. The Kier molecular flexibility index (Phi) is 9.33. The first-order valence-electron chi connectivity index (χ1n) is 12.6. The number of fused-ring (bicyclic) bond motifs is 1. The maximum Gasteiger partial charge on any atom is 0.331 e. The molecule has 1 aliphatic heterocycles. The number of unbranched alkanes of at least 4 members (excludes halogenated alkanes) is 2. The zero-order valence-electron chi connectivity index (χ0n) is 21.8. The van der Waals surface area contributed by atoms with Gasteiger partial charge in [0.1, 0.15) is 0 Å². The van der Waals surface area contributed by atoms with Crippen LogP contribution in [0, 0.1) is 5.41 Å². The van der Waals surface area contributed by atoms with E-state index in [1.807, 2.05) is 43.3 Å². The standard InChI is InChI=1S/C28H40N2O5S/c1-5-7-15-28(16-8-6-2)20-30(22-12-10-9-11-13-22)24-18-23(29(3)4)25(35-17-14-27(31)32)19-26(24)36(33,34)21-28/h9-14,17-19,33-34H,5-8,15-16,20-21H2,1-4H3,(H,31,32)/b17-14+. The zero-order chi connectivity index (χ0) is 26.3. The van der Waals surface area contributed by atoms with E-state index in [4.69, 9.17) is 9.84 Å². The molecule has 0 atom stereocenters. The summed E-state index contributed by atoms with van der Waals surface area (Å²) >= 11 is 0. The Hall–Kier alpha value is -2.68. The minimum atomic E-state index is -3.17. The lowest BCUT2D eigenvalue weighted by Gasteiger charge is -2.42. The van der Waals surface area contributed by atoms with Crippen LogP contribution in [0.25, 0.3) is 0 Å². The molecule has 8 heteroatoms. The number of nitrogens with zero attached hydrogens (tertiary/aromatic N) is 2. The van der Waals surface area contributed by atoms with Crippen LogP contribution in [0.15, 0.2) is 59.7 Å². The molecule has 0 unspecified atom stereocenters. The molecule has 0 aliphatic carbocycles. The predicted octanol–water partition coefficient (Wildman–Crippen LogP) is 7.36. The number of benzene rings is 2. The Morgan fingerprint density at radius 1 is 1.11 bits per heavy atom. The van der Waals surface area contributed by atoms with Gasteiger partial charge in [-0.25, -0.2) is 4.79 Å². The summed E-state index contributed by atoms with van der Waals surface area (Å²) in [7, 11) is 0.583. The maximum absolute atomic E-state index is 11.7. The van der Waals surface area contributed by atoms with E-state index in [9.17, 15) is 13.9 Å². The first-order chi connectivity index (χ1) is 17.1. The van der Waals surface area contributed by atoms with E-state index in [1.54, 1.807) is 6.07 Å². The molecule has 3 rings (SSSR count). The van der Waals surface area contributed by atoms with Gasteiger partial charge >= 0.3 is 5.97 Å². The molecule has 2 aromatic rings. The fraction of sp³-hybridized carbons (Fsp3) is 0.464. The summed E-state index contributed by atoms with van der Waals surface area (Å²) < 4.78 is 29.1. The summed E-state index contributed by atoms with van der Waals surface area (Å²) in [5.41, 5.74) is 2.20. The van der Waals surface area contributed by atoms with E-state index in [2.05, 4.69) is 30.9 Å². The van der Waals surface area contributed by atoms with Crippen LogP contribution in [0.2, 0.25) is 0 Å². The Balaban J connectivity index is 2.24. The summed E-state index contributed by atoms with van der Waals surface area (Å²) in [6.45, 7) is 5.03. The molecule has 0 amide bonds. The van der Waals surface area contributed by atoms with Gasteiger partial charge in [-0.1, -0.05) is 57.7 Å². The van der Waals surface area contributed by atoms with Gasteiger partial charge in [-0.2, -0.15) is 10.6 Å². The SMILES string of the molecule is CCCCC1(CCCC)CN(c2ccccc2)c2cc(N(C)C)c(O/C=C/C(=O)O)cc2S(O)(O)C1. The summed E-state index contributed by atoms with van der Waals surface area (Å²) in [4.78, 5) is 15.5. The minimum Gasteiger partial charge on any atom is -0.478 e. The molecule has 0 radical (unpaired) electrons. The molecule has 0 saturated heterocycles. The second-order valence-electron chi connectivity index (χ2n) is 9.88. The van der Waals surface area contributed by atoms with Gasteiger partial charge in [0, 0.05) is 43.6 Å². The van der Waals surface area contributed by atoms with Crippen molar-refractivity contribution in [1.29, 1.82) is 0 Å². The first kappa shape index (κ1) is 27.9. The number of para-hydroxylation sites is 1. The predicted molar refractivity (Wildman–Crippen MR) is 149 cm³/mol. The lowest BCUT2D eigenvalue weighted by atomic mass is 9.79. The van der Waals surface area contributed by atoms with Crippen LogP contribution < -0.4 is 14.5 Å². The molecule has 198 valence electrons. The third-order valence-corrected chi connectivity index (χ3v) is 8.81. The number of aliphatic carboxylic acids is 1. The number of rotatable bonds is 11. The third kappa shape index (κ3) is 6.55. The molecule has 1 heterocycles. The van der Waals surface area contributed by atoms with Crippen molar-refractivity contribution < 1.29 is 23.7 Å². The average Bonchev–Trinajstić information content (AvgIpc) is 2.93. The molecule has 0 saturated carbocycles. The molecule has 0 aromatic heterocycles. The van der Waals surface area contributed by atoms with Gasteiger partial charge < -0.3 is 19.6 Å². The topological polar surface area (TPSA) is 93.5 Å². The molecule has 1 aliphatic rings. The molecule has 0 spiro atoms. The summed E-state index contributed by atoms with van der Waals surface area (Å²) in [6.07, 6.45) is 8.00. The lowest BCUT2D eigenvalue weighted by molar-refractivity contribution is -0.131. The summed E-state index contributed by atoms with van der Waals surface area (Å²) in [6, 6.07) is 13.7. The fourth-order valence-corrected chi connectivity index (χ4v) is 7.15. The van der Waals surface area contributed by atoms with Crippen molar-refractivity contribution in [3.05, 3.63) is 54.8 Å². The van der Waals surface area contributed by atoms with Crippen molar-refractivity contribution in [2.24, 2.45) is 5.41 Å². The Morgan fingerprint density at radius 2 is 1.75 bits per heavy atom. The molecular formula is C28H40N2O5S. The zero-order valence-corrected chi connectivity index (χ0v) is 22.6. The smallest absolute Gasteiger partial charge is 0.331 e. The summed E-state index contributed by atoms with van der Waals surface area (Å²) in [5.74, 6) is -0.451. The van der Waals surface area contributed by atoms with E-state index in [1.165, 1.54) is 0 Å². The monoisotopic (exact) mass is 516 g/mol. The van der Waals surface area contributed by atoms with Gasteiger partial charge in [-0.3, -0.25) is 9.11 Å². The Labute approximate surface area is 216 Å². The van der Waals surface area contributed by atoms with Gasteiger partial charge in [-0.15, -0.1) is 0 Å². The van der Waals surface area contributed by atoms with Gasteiger partial charge in [-0.05, 0) is 31.0 Å². The number of anilines is 3. The molecule has 0 bridgehead atoms. The normalized spacial score (nSPS) is 17.3. The van der Waals surface area contributed by atoms with E-state index in [-0.39, 0.29) is 5.41 Å². The minimum absolute atomic E-state index is 0.262. The number of hydrogen-bond acceptors (Lipinski definition) is 6. The Morgan fingerprint density at radius 3 is 2.31 bits per heavy atom. The molecule has 36 heavy (non-hydrogen) atoms. The first-order valence-corrected chi connectivity index (χ1v) is 14.3. The molecule has 0 fully saturated rings.